The minimum atomic E-state index is 0.0272. The summed E-state index contributed by atoms with van der Waals surface area (Å²) < 4.78 is 0.942. The number of amides is 1. The van der Waals surface area contributed by atoms with Crippen LogP contribution in [0.5, 0.6) is 0 Å². The summed E-state index contributed by atoms with van der Waals surface area (Å²) in [6, 6.07) is 5.79. The Hall–Kier alpha value is -0.870. The number of hydrogen-bond donors (Lipinski definition) is 2. The molecule has 1 fully saturated rings. The van der Waals surface area contributed by atoms with Gasteiger partial charge in [-0.2, -0.15) is 0 Å². The average molecular weight is 311 g/mol. The van der Waals surface area contributed by atoms with Crippen molar-refractivity contribution in [3.05, 3.63) is 33.8 Å². The molecular weight excluding hydrogens is 292 g/mol. The van der Waals surface area contributed by atoms with Crippen molar-refractivity contribution in [1.82, 2.24) is 10.6 Å². The molecule has 0 aliphatic carbocycles. The Kier molecular flexibility index (Phi) is 4.78. The van der Waals surface area contributed by atoms with Crippen LogP contribution in [0.25, 0.3) is 0 Å². The zero-order valence-corrected chi connectivity index (χ0v) is 12.2. The van der Waals surface area contributed by atoms with Gasteiger partial charge in [0.15, 0.2) is 0 Å². The van der Waals surface area contributed by atoms with Crippen molar-refractivity contribution in [1.29, 1.82) is 0 Å². The standard InChI is InChI=1S/C14H19BrN2O/c1-10-4-5-12(15)7-13(10)14(18)17-9-11-3-2-6-16-8-11/h4-5,7,11,16H,2-3,6,8-9H2,1H3,(H,17,18). The van der Waals surface area contributed by atoms with Gasteiger partial charge in [0.05, 0.1) is 0 Å². The Morgan fingerprint density at radius 2 is 2.39 bits per heavy atom. The van der Waals surface area contributed by atoms with Gasteiger partial charge in [0.1, 0.15) is 0 Å². The van der Waals surface area contributed by atoms with E-state index >= 15 is 0 Å². The number of carbonyl (C=O) groups is 1. The normalized spacial score (nSPS) is 19.6. The van der Waals surface area contributed by atoms with E-state index in [-0.39, 0.29) is 5.91 Å². The largest absolute Gasteiger partial charge is 0.352 e. The Morgan fingerprint density at radius 1 is 1.56 bits per heavy atom. The molecule has 18 heavy (non-hydrogen) atoms. The molecule has 1 aromatic rings. The van der Waals surface area contributed by atoms with Crippen LogP contribution >= 0.6 is 15.9 Å². The first-order valence-corrected chi connectivity index (χ1v) is 7.21. The van der Waals surface area contributed by atoms with Gasteiger partial charge in [-0.05, 0) is 56.5 Å². The zero-order chi connectivity index (χ0) is 13.0. The lowest BCUT2D eigenvalue weighted by Crippen LogP contribution is -2.38. The Morgan fingerprint density at radius 3 is 3.11 bits per heavy atom. The lowest BCUT2D eigenvalue weighted by Gasteiger charge is -2.23. The van der Waals surface area contributed by atoms with E-state index in [0.717, 1.165) is 35.2 Å². The number of rotatable bonds is 3. The third kappa shape index (κ3) is 3.56. The Balaban J connectivity index is 1.92. The van der Waals surface area contributed by atoms with Crippen LogP contribution in [0.4, 0.5) is 0 Å². The second-order valence-corrected chi connectivity index (χ2v) is 5.80. The molecular formula is C14H19BrN2O. The van der Waals surface area contributed by atoms with Crippen LogP contribution in [0.3, 0.4) is 0 Å². The average Bonchev–Trinajstić information content (AvgIpc) is 2.40. The lowest BCUT2D eigenvalue weighted by molar-refractivity contribution is 0.0944. The molecule has 0 saturated carbocycles. The summed E-state index contributed by atoms with van der Waals surface area (Å²) in [6.07, 6.45) is 2.40. The summed E-state index contributed by atoms with van der Waals surface area (Å²) in [5.41, 5.74) is 1.77. The molecule has 1 aromatic carbocycles. The van der Waals surface area contributed by atoms with Crippen LogP contribution in [0.1, 0.15) is 28.8 Å². The monoisotopic (exact) mass is 310 g/mol. The van der Waals surface area contributed by atoms with Gasteiger partial charge in [-0.1, -0.05) is 22.0 Å². The predicted molar refractivity (Wildman–Crippen MR) is 76.8 cm³/mol. The number of nitrogens with one attached hydrogen (secondary N) is 2. The highest BCUT2D eigenvalue weighted by atomic mass is 79.9. The minimum Gasteiger partial charge on any atom is -0.352 e. The van der Waals surface area contributed by atoms with Crippen molar-refractivity contribution in [2.45, 2.75) is 19.8 Å². The van der Waals surface area contributed by atoms with Crippen molar-refractivity contribution in [3.63, 3.8) is 0 Å². The fraction of sp³-hybridized carbons (Fsp3) is 0.500. The summed E-state index contributed by atoms with van der Waals surface area (Å²) in [6.45, 7) is 4.84. The molecule has 1 aliphatic heterocycles. The van der Waals surface area contributed by atoms with Gasteiger partial charge in [0, 0.05) is 16.6 Å². The minimum absolute atomic E-state index is 0.0272. The molecule has 3 nitrogen and oxygen atoms in total. The number of aryl methyl sites for hydroxylation is 1. The first-order chi connectivity index (χ1) is 8.66. The molecule has 0 aromatic heterocycles. The molecule has 4 heteroatoms. The van der Waals surface area contributed by atoms with E-state index in [0.29, 0.717) is 5.92 Å². The highest BCUT2D eigenvalue weighted by Gasteiger charge is 2.15. The molecule has 1 amide bonds. The summed E-state index contributed by atoms with van der Waals surface area (Å²) in [7, 11) is 0. The molecule has 98 valence electrons. The van der Waals surface area contributed by atoms with Crippen LogP contribution in [0.2, 0.25) is 0 Å². The summed E-state index contributed by atoms with van der Waals surface area (Å²) >= 11 is 3.40. The molecule has 1 heterocycles. The SMILES string of the molecule is Cc1ccc(Br)cc1C(=O)NCC1CCCNC1. The van der Waals surface area contributed by atoms with Gasteiger partial charge in [0.25, 0.3) is 5.91 Å². The number of halogens is 1. The highest BCUT2D eigenvalue weighted by Crippen LogP contribution is 2.16. The van der Waals surface area contributed by atoms with E-state index in [1.54, 1.807) is 0 Å². The van der Waals surface area contributed by atoms with Gasteiger partial charge in [0.2, 0.25) is 0 Å². The van der Waals surface area contributed by atoms with Crippen molar-refractivity contribution >= 4 is 21.8 Å². The molecule has 1 aliphatic rings. The maximum absolute atomic E-state index is 12.1. The lowest BCUT2D eigenvalue weighted by atomic mass is 9.99. The fourth-order valence-corrected chi connectivity index (χ4v) is 2.63. The van der Waals surface area contributed by atoms with E-state index in [1.165, 1.54) is 12.8 Å². The van der Waals surface area contributed by atoms with Gasteiger partial charge in [-0.3, -0.25) is 4.79 Å². The molecule has 1 atom stereocenters. The van der Waals surface area contributed by atoms with E-state index in [1.807, 2.05) is 25.1 Å². The third-order valence-electron chi connectivity index (χ3n) is 3.39. The first-order valence-electron chi connectivity index (χ1n) is 6.42. The molecule has 2 N–H and O–H groups in total. The summed E-state index contributed by atoms with van der Waals surface area (Å²) in [4.78, 5) is 12.1. The molecule has 1 saturated heterocycles. The Labute approximate surface area is 116 Å². The fourth-order valence-electron chi connectivity index (χ4n) is 2.27. The number of piperidine rings is 1. The Bertz CT molecular complexity index is 428. The van der Waals surface area contributed by atoms with Crippen molar-refractivity contribution in [3.8, 4) is 0 Å². The molecule has 0 bridgehead atoms. The number of hydrogen-bond acceptors (Lipinski definition) is 2. The van der Waals surface area contributed by atoms with Crippen LogP contribution in [-0.2, 0) is 0 Å². The van der Waals surface area contributed by atoms with Crippen LogP contribution < -0.4 is 10.6 Å². The van der Waals surface area contributed by atoms with Gasteiger partial charge in [-0.25, -0.2) is 0 Å². The molecule has 2 rings (SSSR count). The topological polar surface area (TPSA) is 41.1 Å². The van der Waals surface area contributed by atoms with E-state index < -0.39 is 0 Å². The van der Waals surface area contributed by atoms with Crippen molar-refractivity contribution in [2.24, 2.45) is 5.92 Å². The van der Waals surface area contributed by atoms with Crippen LogP contribution in [0, 0.1) is 12.8 Å². The smallest absolute Gasteiger partial charge is 0.251 e. The van der Waals surface area contributed by atoms with E-state index in [9.17, 15) is 4.79 Å². The van der Waals surface area contributed by atoms with E-state index in [2.05, 4.69) is 26.6 Å². The quantitative estimate of drug-likeness (QED) is 0.900. The van der Waals surface area contributed by atoms with Gasteiger partial charge in [-0.15, -0.1) is 0 Å². The number of carbonyl (C=O) groups excluding carboxylic acids is 1. The third-order valence-corrected chi connectivity index (χ3v) is 3.89. The van der Waals surface area contributed by atoms with E-state index in [4.69, 9.17) is 0 Å². The zero-order valence-electron chi connectivity index (χ0n) is 10.6. The maximum Gasteiger partial charge on any atom is 0.251 e. The van der Waals surface area contributed by atoms with Crippen LogP contribution in [-0.4, -0.2) is 25.5 Å². The molecule has 1 unspecified atom stereocenters. The summed E-state index contributed by atoms with van der Waals surface area (Å²) in [5.74, 6) is 0.592. The second-order valence-electron chi connectivity index (χ2n) is 4.88. The predicted octanol–water partition coefficient (Wildman–Crippen LogP) is 2.49. The van der Waals surface area contributed by atoms with Gasteiger partial charge < -0.3 is 10.6 Å². The van der Waals surface area contributed by atoms with Crippen LogP contribution in [0.15, 0.2) is 22.7 Å². The summed E-state index contributed by atoms with van der Waals surface area (Å²) in [5, 5.41) is 6.40. The first kappa shape index (κ1) is 13.6. The second kappa shape index (κ2) is 6.34. The highest BCUT2D eigenvalue weighted by molar-refractivity contribution is 9.10. The number of benzene rings is 1. The molecule has 0 spiro atoms. The van der Waals surface area contributed by atoms with Crippen molar-refractivity contribution < 1.29 is 4.79 Å². The van der Waals surface area contributed by atoms with Crippen molar-refractivity contribution in [2.75, 3.05) is 19.6 Å². The maximum atomic E-state index is 12.1. The van der Waals surface area contributed by atoms with Gasteiger partial charge >= 0.3 is 0 Å². The molecule has 0 radical (unpaired) electrons.